The molecule has 0 amide bonds. The monoisotopic (exact) mass is 560 g/mol. The van der Waals surface area contributed by atoms with E-state index in [2.05, 4.69) is 10.3 Å². The molecule has 36 heavy (non-hydrogen) atoms. The first kappa shape index (κ1) is 31.5. The molecule has 0 aromatic heterocycles. The summed E-state index contributed by atoms with van der Waals surface area (Å²) in [5.74, 6) is 0. The Labute approximate surface area is 216 Å². The third-order valence-corrected chi connectivity index (χ3v) is 8.32. The molecule has 0 radical (unpaired) electrons. The molecule has 0 spiro atoms. The molecule has 0 aromatic rings. The Hall–Kier alpha value is -0.760. The minimum absolute atomic E-state index is 0.245. The largest absolute Gasteiger partial charge is 0.410 e. The molecular formula is C20H36N2O12S2. The van der Waals surface area contributed by atoms with Crippen molar-refractivity contribution in [3.8, 4) is 0 Å². The van der Waals surface area contributed by atoms with Crippen LogP contribution < -0.4 is 0 Å². The molecule has 210 valence electrons. The van der Waals surface area contributed by atoms with Crippen LogP contribution in [0.1, 0.15) is 38.5 Å². The number of unbranched alkanes of at least 4 members (excludes halogenated alkanes) is 3. The second kappa shape index (κ2) is 15.6. The predicted octanol–water partition coefficient (Wildman–Crippen LogP) is -2.03. The zero-order chi connectivity index (χ0) is 26.8. The van der Waals surface area contributed by atoms with E-state index < -0.39 is 72.9 Å². The highest BCUT2D eigenvalue weighted by molar-refractivity contribution is 8.14. The highest BCUT2D eigenvalue weighted by atomic mass is 32.2. The lowest BCUT2D eigenvalue weighted by atomic mass is 10.0. The van der Waals surface area contributed by atoms with Crippen molar-refractivity contribution in [3.05, 3.63) is 0 Å². The van der Waals surface area contributed by atoms with E-state index in [1.165, 1.54) is 0 Å². The molecule has 14 nitrogen and oxygen atoms in total. The summed E-state index contributed by atoms with van der Waals surface area (Å²) in [5.41, 5.74) is -2.07. The van der Waals surface area contributed by atoms with E-state index in [0.29, 0.717) is 38.5 Å². The molecule has 0 bridgehead atoms. The minimum atomic E-state index is -1.52. The average Bonchev–Trinajstić information content (AvgIpc) is 2.88. The lowest BCUT2D eigenvalue weighted by molar-refractivity contribution is -0.205. The molecule has 2 saturated heterocycles. The van der Waals surface area contributed by atoms with E-state index >= 15 is 0 Å². The number of rotatable bonds is 11. The van der Waals surface area contributed by atoms with Crippen LogP contribution >= 0.6 is 23.5 Å². The van der Waals surface area contributed by atoms with Crippen LogP contribution in [0, 0.1) is 0 Å². The van der Waals surface area contributed by atoms with Gasteiger partial charge in [0.1, 0.15) is 69.8 Å². The molecule has 16 heteroatoms. The summed E-state index contributed by atoms with van der Waals surface area (Å²) in [6.45, 7) is -1.11. The number of nitrogens with zero attached hydrogens (tertiary/aromatic N) is 2. The lowest BCUT2D eigenvalue weighted by Gasteiger charge is -2.39. The van der Waals surface area contributed by atoms with Gasteiger partial charge in [-0.3, -0.25) is 0 Å². The molecule has 10 atom stereocenters. The summed E-state index contributed by atoms with van der Waals surface area (Å²) in [6, 6.07) is 0. The van der Waals surface area contributed by atoms with Crippen molar-refractivity contribution in [3.63, 3.8) is 0 Å². The zero-order valence-corrected chi connectivity index (χ0v) is 21.1. The Kier molecular flexibility index (Phi) is 13.6. The molecule has 10 N–H and O–H groups in total. The number of thioether (sulfide) groups is 2. The quantitative estimate of drug-likeness (QED) is 0.0430. The molecule has 0 aromatic carbocycles. The normalized spacial score (nSPS) is 38.3. The maximum absolute atomic E-state index is 10.1. The van der Waals surface area contributed by atoms with E-state index in [1.807, 2.05) is 0 Å². The SMILES string of the molecule is OC[C@H]1O[C@@H](S/C(CCCCCC/C(=N/O)S[C@@H]2O[C@H](CO)[C@@H](O)[C@H](O)[C@H]2O)=N\O)[C@H](O)[C@@H](O)[C@@H]1O. The van der Waals surface area contributed by atoms with Gasteiger partial charge in [-0.1, -0.05) is 46.7 Å². The van der Waals surface area contributed by atoms with Crippen molar-refractivity contribution in [2.45, 2.75) is 98.2 Å². The Morgan fingerprint density at radius 3 is 1.22 bits per heavy atom. The first-order valence-electron chi connectivity index (χ1n) is 11.5. The van der Waals surface area contributed by atoms with Gasteiger partial charge in [0.05, 0.1) is 13.2 Å². The number of aliphatic hydroxyl groups excluding tert-OH is 8. The number of hydrogen-bond donors (Lipinski definition) is 10. The van der Waals surface area contributed by atoms with Gasteiger partial charge < -0.3 is 60.7 Å². The summed E-state index contributed by atoms with van der Waals surface area (Å²) < 4.78 is 10.8. The maximum atomic E-state index is 10.1. The van der Waals surface area contributed by atoms with Crippen molar-refractivity contribution >= 4 is 33.6 Å². The topological polar surface area (TPSA) is 245 Å². The van der Waals surface area contributed by atoms with Crippen LogP contribution in [0.15, 0.2) is 10.3 Å². The fourth-order valence-corrected chi connectivity index (χ4v) is 5.92. The minimum Gasteiger partial charge on any atom is -0.410 e. The van der Waals surface area contributed by atoms with Gasteiger partial charge in [0.15, 0.2) is 0 Å². The Bertz CT molecular complexity index is 658. The Morgan fingerprint density at radius 1 is 0.556 bits per heavy atom. The highest BCUT2D eigenvalue weighted by Crippen LogP contribution is 2.32. The standard InChI is InChI=1S/C20H36N2O12S2/c23-7-9-13(25)15(27)17(29)19(33-9)35-11(21-31)5-3-1-2-4-6-12(22-32)36-20-18(30)16(28)14(26)10(8-24)34-20/h9-10,13-20,23-32H,1-8H2/b21-11-,22-12-/t9-,10-,13-,14-,15+,16+,17-,18-,19+,20+/m1/s1. The second-order valence-corrected chi connectivity index (χ2v) is 10.9. The number of aliphatic hydroxyl groups is 8. The molecule has 0 unspecified atom stereocenters. The first-order chi connectivity index (χ1) is 17.2. The molecule has 2 heterocycles. The molecule has 2 fully saturated rings. The van der Waals surface area contributed by atoms with E-state index in [0.717, 1.165) is 23.5 Å². The summed E-state index contributed by atoms with van der Waals surface area (Å²) in [6.07, 6.45) is -7.65. The van der Waals surface area contributed by atoms with Crippen molar-refractivity contribution in [1.82, 2.24) is 0 Å². The molecule has 0 aliphatic carbocycles. The van der Waals surface area contributed by atoms with Crippen molar-refractivity contribution in [2.24, 2.45) is 10.3 Å². The van der Waals surface area contributed by atoms with Gasteiger partial charge in [-0.2, -0.15) is 0 Å². The van der Waals surface area contributed by atoms with E-state index in [4.69, 9.17) is 9.47 Å². The van der Waals surface area contributed by atoms with Gasteiger partial charge in [-0.05, 0) is 25.7 Å². The van der Waals surface area contributed by atoms with Gasteiger partial charge in [0.25, 0.3) is 0 Å². The molecule has 2 rings (SSSR count). The fourth-order valence-electron chi connectivity index (χ4n) is 3.77. The number of hydrogen-bond acceptors (Lipinski definition) is 16. The summed E-state index contributed by atoms with van der Waals surface area (Å²) in [4.78, 5) is 0. The van der Waals surface area contributed by atoms with Crippen LogP contribution in [-0.2, 0) is 9.47 Å². The van der Waals surface area contributed by atoms with E-state index in [9.17, 15) is 51.3 Å². The zero-order valence-electron chi connectivity index (χ0n) is 19.4. The second-order valence-electron chi connectivity index (χ2n) is 8.53. The van der Waals surface area contributed by atoms with Crippen molar-refractivity contribution in [1.29, 1.82) is 0 Å². The van der Waals surface area contributed by atoms with Crippen LogP contribution in [0.25, 0.3) is 0 Å². The van der Waals surface area contributed by atoms with Crippen LogP contribution in [0.3, 0.4) is 0 Å². The Balaban J connectivity index is 1.71. The summed E-state index contributed by atoms with van der Waals surface area (Å²) in [7, 11) is 0. The van der Waals surface area contributed by atoms with Gasteiger partial charge in [0.2, 0.25) is 0 Å². The summed E-state index contributed by atoms with van der Waals surface area (Å²) >= 11 is 1.78. The molecule has 0 saturated carbocycles. The maximum Gasteiger partial charge on any atom is 0.138 e. The fraction of sp³-hybridized carbons (Fsp3) is 0.900. The average molecular weight is 561 g/mol. The smallest absolute Gasteiger partial charge is 0.138 e. The van der Waals surface area contributed by atoms with Crippen LogP contribution in [0.2, 0.25) is 0 Å². The van der Waals surface area contributed by atoms with Crippen molar-refractivity contribution < 1.29 is 60.7 Å². The van der Waals surface area contributed by atoms with Gasteiger partial charge in [-0.25, -0.2) is 0 Å². The highest BCUT2D eigenvalue weighted by Gasteiger charge is 2.45. The third-order valence-electron chi connectivity index (χ3n) is 5.96. The molecule has 2 aliphatic heterocycles. The van der Waals surface area contributed by atoms with Crippen LogP contribution in [-0.4, -0.2) is 134 Å². The summed E-state index contributed by atoms with van der Waals surface area (Å²) in [5, 5.41) is 104. The number of oxime groups is 2. The van der Waals surface area contributed by atoms with E-state index in [1.54, 1.807) is 0 Å². The van der Waals surface area contributed by atoms with Gasteiger partial charge in [-0.15, -0.1) is 0 Å². The predicted molar refractivity (Wildman–Crippen MR) is 129 cm³/mol. The Morgan fingerprint density at radius 2 is 0.917 bits per heavy atom. The molecule has 2 aliphatic rings. The lowest BCUT2D eigenvalue weighted by Crippen LogP contribution is -2.57. The van der Waals surface area contributed by atoms with Gasteiger partial charge in [0, 0.05) is 0 Å². The molecular weight excluding hydrogens is 524 g/mol. The van der Waals surface area contributed by atoms with Gasteiger partial charge >= 0.3 is 0 Å². The van der Waals surface area contributed by atoms with Crippen LogP contribution in [0.5, 0.6) is 0 Å². The number of ether oxygens (including phenoxy) is 2. The first-order valence-corrected chi connectivity index (χ1v) is 13.3. The third kappa shape index (κ3) is 8.37. The van der Waals surface area contributed by atoms with Crippen LogP contribution in [0.4, 0.5) is 0 Å². The van der Waals surface area contributed by atoms with Crippen molar-refractivity contribution in [2.75, 3.05) is 13.2 Å². The van der Waals surface area contributed by atoms with E-state index in [-0.39, 0.29) is 10.1 Å².